The van der Waals surface area contributed by atoms with Crippen molar-refractivity contribution in [2.75, 3.05) is 13.2 Å². The summed E-state index contributed by atoms with van der Waals surface area (Å²) in [6, 6.07) is 0. The second-order valence-corrected chi connectivity index (χ2v) is 3.78. The van der Waals surface area contributed by atoms with Crippen LogP contribution in [-0.4, -0.2) is 18.8 Å². The number of ether oxygens (including phenoxy) is 1. The predicted molar refractivity (Wildman–Crippen MR) is 39.7 cm³/mol. The Morgan fingerprint density at radius 1 is 1.40 bits per heavy atom. The van der Waals surface area contributed by atoms with Crippen LogP contribution in [0.5, 0.6) is 0 Å². The Hall–Kier alpha value is -0.0800. The Morgan fingerprint density at radius 2 is 2.00 bits per heavy atom. The van der Waals surface area contributed by atoms with Gasteiger partial charge in [0.15, 0.2) is 0 Å². The van der Waals surface area contributed by atoms with Gasteiger partial charge in [-0.3, -0.25) is 0 Å². The maximum atomic E-state index is 6.12. The van der Waals surface area contributed by atoms with Crippen molar-refractivity contribution in [3.05, 3.63) is 0 Å². The van der Waals surface area contributed by atoms with Crippen molar-refractivity contribution >= 4 is 0 Å². The summed E-state index contributed by atoms with van der Waals surface area (Å²) in [5.41, 5.74) is 6.65. The largest absolute Gasteiger partial charge is 0.380 e. The van der Waals surface area contributed by atoms with E-state index in [0.717, 1.165) is 13.2 Å². The van der Waals surface area contributed by atoms with Crippen LogP contribution in [0.3, 0.4) is 0 Å². The molecule has 2 N–H and O–H groups in total. The first kappa shape index (κ1) is 6.62. The Kier molecular flexibility index (Phi) is 1.15. The fourth-order valence-electron chi connectivity index (χ4n) is 1.86. The molecule has 2 fully saturated rings. The van der Waals surface area contributed by atoms with Crippen LogP contribution < -0.4 is 5.73 Å². The lowest BCUT2D eigenvalue weighted by molar-refractivity contribution is -0.134. The molecule has 1 saturated heterocycles. The predicted octanol–water partition coefficient (Wildman–Crippen LogP) is 0.904. The van der Waals surface area contributed by atoms with Crippen LogP contribution in [-0.2, 0) is 4.74 Å². The van der Waals surface area contributed by atoms with Crippen molar-refractivity contribution in [2.45, 2.75) is 31.7 Å². The number of nitrogens with two attached hydrogens (primary N) is 1. The van der Waals surface area contributed by atoms with Gasteiger partial charge in [-0.25, -0.2) is 0 Å². The summed E-state index contributed by atoms with van der Waals surface area (Å²) in [5.74, 6) is 0. The quantitative estimate of drug-likeness (QED) is 0.620. The van der Waals surface area contributed by atoms with E-state index in [-0.39, 0.29) is 5.54 Å². The SMILES string of the molecule is CCC1(C2(N)CC2)COC1. The molecule has 0 bridgehead atoms. The van der Waals surface area contributed by atoms with Crippen LogP contribution >= 0.6 is 0 Å². The van der Waals surface area contributed by atoms with Gasteiger partial charge in [-0.05, 0) is 19.3 Å². The van der Waals surface area contributed by atoms with Crippen molar-refractivity contribution < 1.29 is 4.74 Å². The lowest BCUT2D eigenvalue weighted by Crippen LogP contribution is -2.56. The molecule has 1 saturated carbocycles. The average molecular weight is 141 g/mol. The fraction of sp³-hybridized carbons (Fsp3) is 1.00. The molecule has 2 rings (SSSR count). The monoisotopic (exact) mass is 141 g/mol. The van der Waals surface area contributed by atoms with E-state index in [0.29, 0.717) is 5.41 Å². The Labute approximate surface area is 61.7 Å². The molecule has 0 amide bonds. The summed E-state index contributed by atoms with van der Waals surface area (Å²) in [5, 5.41) is 0. The molecule has 2 aliphatic rings. The molecule has 1 aliphatic carbocycles. The molecule has 0 unspecified atom stereocenters. The van der Waals surface area contributed by atoms with Gasteiger partial charge in [0.1, 0.15) is 0 Å². The first-order chi connectivity index (χ1) is 4.72. The van der Waals surface area contributed by atoms with Crippen molar-refractivity contribution in [1.82, 2.24) is 0 Å². The third-order valence-corrected chi connectivity index (χ3v) is 3.28. The standard InChI is InChI=1S/C8H15NO/c1-2-7(5-10-6-7)8(9)3-4-8/h2-6,9H2,1H3. The van der Waals surface area contributed by atoms with Crippen molar-refractivity contribution in [2.24, 2.45) is 11.1 Å². The van der Waals surface area contributed by atoms with E-state index < -0.39 is 0 Å². The number of rotatable bonds is 2. The molecule has 1 aliphatic heterocycles. The molecule has 2 heteroatoms. The highest BCUT2D eigenvalue weighted by atomic mass is 16.5. The number of hydrogen-bond donors (Lipinski definition) is 1. The summed E-state index contributed by atoms with van der Waals surface area (Å²) < 4.78 is 5.22. The minimum absolute atomic E-state index is 0.167. The van der Waals surface area contributed by atoms with Crippen LogP contribution in [0.25, 0.3) is 0 Å². The molecular weight excluding hydrogens is 126 g/mol. The fourth-order valence-corrected chi connectivity index (χ4v) is 1.86. The molecule has 58 valence electrons. The van der Waals surface area contributed by atoms with Gasteiger partial charge in [-0.15, -0.1) is 0 Å². The molecule has 0 aromatic heterocycles. The Morgan fingerprint density at radius 3 is 2.10 bits per heavy atom. The molecule has 2 nitrogen and oxygen atoms in total. The summed E-state index contributed by atoms with van der Waals surface area (Å²) in [7, 11) is 0. The Balaban J connectivity index is 2.11. The normalized spacial score (nSPS) is 33.0. The molecule has 10 heavy (non-hydrogen) atoms. The van der Waals surface area contributed by atoms with E-state index in [4.69, 9.17) is 10.5 Å². The van der Waals surface area contributed by atoms with Crippen LogP contribution in [0.1, 0.15) is 26.2 Å². The highest BCUT2D eigenvalue weighted by Crippen LogP contribution is 2.53. The van der Waals surface area contributed by atoms with Crippen LogP contribution in [0.2, 0.25) is 0 Å². The minimum atomic E-state index is 0.167. The van der Waals surface area contributed by atoms with E-state index in [1.54, 1.807) is 0 Å². The van der Waals surface area contributed by atoms with E-state index in [2.05, 4.69) is 6.92 Å². The molecule has 0 aromatic rings. The van der Waals surface area contributed by atoms with Crippen LogP contribution in [0.4, 0.5) is 0 Å². The smallest absolute Gasteiger partial charge is 0.0562 e. The minimum Gasteiger partial charge on any atom is -0.380 e. The van der Waals surface area contributed by atoms with Crippen molar-refractivity contribution in [3.63, 3.8) is 0 Å². The summed E-state index contributed by atoms with van der Waals surface area (Å²) >= 11 is 0. The first-order valence-corrected chi connectivity index (χ1v) is 4.09. The van der Waals surface area contributed by atoms with Gasteiger partial charge in [0.05, 0.1) is 13.2 Å². The molecule has 0 radical (unpaired) electrons. The summed E-state index contributed by atoms with van der Waals surface area (Å²) in [4.78, 5) is 0. The van der Waals surface area contributed by atoms with Crippen molar-refractivity contribution in [1.29, 1.82) is 0 Å². The number of hydrogen-bond acceptors (Lipinski definition) is 2. The lowest BCUT2D eigenvalue weighted by Gasteiger charge is -2.46. The van der Waals surface area contributed by atoms with Gasteiger partial charge in [-0.2, -0.15) is 0 Å². The zero-order chi connectivity index (χ0) is 7.24. The Bertz CT molecular complexity index is 142. The maximum absolute atomic E-state index is 6.12. The van der Waals surface area contributed by atoms with Gasteiger partial charge in [0, 0.05) is 11.0 Å². The summed E-state index contributed by atoms with van der Waals surface area (Å²) in [6.07, 6.45) is 3.61. The second kappa shape index (κ2) is 1.74. The van der Waals surface area contributed by atoms with Gasteiger partial charge >= 0.3 is 0 Å². The highest BCUT2D eigenvalue weighted by Gasteiger charge is 2.59. The van der Waals surface area contributed by atoms with Gasteiger partial charge in [0.25, 0.3) is 0 Å². The first-order valence-electron chi connectivity index (χ1n) is 4.09. The zero-order valence-corrected chi connectivity index (χ0v) is 6.52. The average Bonchev–Trinajstić information content (AvgIpc) is 2.47. The molecule has 1 heterocycles. The third kappa shape index (κ3) is 0.611. The molecule has 0 atom stereocenters. The summed E-state index contributed by atoms with van der Waals surface area (Å²) in [6.45, 7) is 4.02. The van der Waals surface area contributed by atoms with E-state index in [9.17, 15) is 0 Å². The lowest BCUT2D eigenvalue weighted by atomic mass is 9.74. The highest BCUT2D eigenvalue weighted by molar-refractivity contribution is 5.14. The van der Waals surface area contributed by atoms with Gasteiger partial charge in [0.2, 0.25) is 0 Å². The second-order valence-electron chi connectivity index (χ2n) is 3.78. The maximum Gasteiger partial charge on any atom is 0.0562 e. The van der Waals surface area contributed by atoms with Crippen LogP contribution in [0.15, 0.2) is 0 Å². The zero-order valence-electron chi connectivity index (χ0n) is 6.52. The topological polar surface area (TPSA) is 35.2 Å². The molecule has 0 spiro atoms. The van der Waals surface area contributed by atoms with Gasteiger partial charge in [-0.1, -0.05) is 6.92 Å². The van der Waals surface area contributed by atoms with E-state index >= 15 is 0 Å². The van der Waals surface area contributed by atoms with E-state index in [1.807, 2.05) is 0 Å². The third-order valence-electron chi connectivity index (χ3n) is 3.28. The van der Waals surface area contributed by atoms with Crippen molar-refractivity contribution in [3.8, 4) is 0 Å². The van der Waals surface area contributed by atoms with Gasteiger partial charge < -0.3 is 10.5 Å². The van der Waals surface area contributed by atoms with Crippen LogP contribution in [0, 0.1) is 5.41 Å². The van der Waals surface area contributed by atoms with E-state index in [1.165, 1.54) is 19.3 Å². The molecule has 0 aromatic carbocycles. The molecular formula is C8H15NO.